The van der Waals surface area contributed by atoms with Crippen molar-refractivity contribution in [1.82, 2.24) is 0 Å². The van der Waals surface area contributed by atoms with Gasteiger partial charge in [-0.2, -0.15) is 0 Å². The molecule has 0 aliphatic rings. The average Bonchev–Trinajstić information content (AvgIpc) is 2.41. The van der Waals surface area contributed by atoms with Crippen LogP contribution < -0.4 is 10.1 Å². The highest BCUT2D eigenvalue weighted by Gasteiger charge is 2.04. The summed E-state index contributed by atoms with van der Waals surface area (Å²) in [5.41, 5.74) is 1.51. The van der Waals surface area contributed by atoms with Gasteiger partial charge < -0.3 is 10.1 Å². The Kier molecular flexibility index (Phi) is 4.37. The van der Waals surface area contributed by atoms with E-state index in [0.717, 1.165) is 16.2 Å². The zero-order valence-corrected chi connectivity index (χ0v) is 11.8. The number of ether oxygens (including phenoxy) is 1. The molecule has 0 fully saturated rings. The van der Waals surface area contributed by atoms with Gasteiger partial charge in [-0.3, -0.25) is 0 Å². The molecule has 0 saturated heterocycles. The first-order valence-electron chi connectivity index (χ1n) is 5.61. The second-order valence-corrected chi connectivity index (χ2v) is 4.81. The van der Waals surface area contributed by atoms with Crippen LogP contribution in [-0.4, -0.2) is 7.11 Å². The minimum absolute atomic E-state index is 0.405. The lowest BCUT2D eigenvalue weighted by Gasteiger charge is -2.09. The third kappa shape index (κ3) is 3.44. The van der Waals surface area contributed by atoms with Crippen LogP contribution in [0.3, 0.4) is 0 Å². The predicted octanol–water partition coefficient (Wildman–Crippen LogP) is 4.35. The lowest BCUT2D eigenvalue weighted by Crippen LogP contribution is -2.01. The van der Waals surface area contributed by atoms with Gasteiger partial charge in [-0.1, -0.05) is 6.07 Å². The predicted molar refractivity (Wildman–Crippen MR) is 74.4 cm³/mol. The number of hydrogen-bond acceptors (Lipinski definition) is 2. The van der Waals surface area contributed by atoms with Gasteiger partial charge in [0.25, 0.3) is 0 Å². The van der Waals surface area contributed by atoms with Gasteiger partial charge in [0.1, 0.15) is 5.75 Å². The summed E-state index contributed by atoms with van der Waals surface area (Å²) >= 11 is 3.36. The molecule has 0 radical (unpaired) electrons. The molecule has 0 heterocycles. The van der Waals surface area contributed by atoms with Crippen molar-refractivity contribution < 1.29 is 13.5 Å². The molecule has 0 aliphatic carbocycles. The van der Waals surface area contributed by atoms with Crippen molar-refractivity contribution >= 4 is 21.6 Å². The maximum absolute atomic E-state index is 13.0. The van der Waals surface area contributed by atoms with Crippen molar-refractivity contribution in [1.29, 1.82) is 0 Å². The molecular weight excluding hydrogens is 316 g/mol. The second-order valence-electron chi connectivity index (χ2n) is 3.95. The summed E-state index contributed by atoms with van der Waals surface area (Å²) in [4.78, 5) is 0. The van der Waals surface area contributed by atoms with E-state index in [4.69, 9.17) is 4.74 Å². The molecule has 1 N–H and O–H groups in total. The fourth-order valence-corrected chi connectivity index (χ4v) is 2.03. The SMILES string of the molecule is COc1cc(NCc2ccc(F)c(F)c2)ccc1Br. The van der Waals surface area contributed by atoms with E-state index < -0.39 is 11.6 Å². The summed E-state index contributed by atoms with van der Waals surface area (Å²) in [6, 6.07) is 9.39. The minimum Gasteiger partial charge on any atom is -0.495 e. The van der Waals surface area contributed by atoms with E-state index in [0.29, 0.717) is 17.9 Å². The Morgan fingerprint density at radius 1 is 1.11 bits per heavy atom. The number of halogens is 3. The number of hydrogen-bond donors (Lipinski definition) is 1. The van der Waals surface area contributed by atoms with Crippen LogP contribution in [0, 0.1) is 11.6 Å². The maximum Gasteiger partial charge on any atom is 0.159 e. The smallest absolute Gasteiger partial charge is 0.159 e. The Hall–Kier alpha value is -1.62. The summed E-state index contributed by atoms with van der Waals surface area (Å²) in [5.74, 6) is -0.975. The maximum atomic E-state index is 13.0. The lowest BCUT2D eigenvalue weighted by atomic mass is 10.2. The molecular formula is C14H12BrF2NO. The number of anilines is 1. The van der Waals surface area contributed by atoms with Crippen LogP contribution in [-0.2, 0) is 6.54 Å². The van der Waals surface area contributed by atoms with Crippen LogP contribution in [0.4, 0.5) is 14.5 Å². The van der Waals surface area contributed by atoms with Gasteiger partial charge in [-0.05, 0) is 45.8 Å². The molecule has 2 rings (SSSR count). The van der Waals surface area contributed by atoms with Gasteiger partial charge in [0.2, 0.25) is 0 Å². The van der Waals surface area contributed by atoms with E-state index in [1.54, 1.807) is 13.2 Å². The van der Waals surface area contributed by atoms with E-state index in [-0.39, 0.29) is 0 Å². The quantitative estimate of drug-likeness (QED) is 0.901. The second kappa shape index (κ2) is 6.02. The molecule has 5 heteroatoms. The summed E-state index contributed by atoms with van der Waals surface area (Å²) in [7, 11) is 1.58. The third-order valence-corrected chi connectivity index (χ3v) is 3.29. The van der Waals surface area contributed by atoms with E-state index in [9.17, 15) is 8.78 Å². The molecule has 0 amide bonds. The summed E-state index contributed by atoms with van der Waals surface area (Å²) < 4.78 is 31.9. The Morgan fingerprint density at radius 2 is 1.89 bits per heavy atom. The number of benzene rings is 2. The average molecular weight is 328 g/mol. The van der Waals surface area contributed by atoms with Crippen LogP contribution >= 0.6 is 15.9 Å². The van der Waals surface area contributed by atoms with Crippen molar-refractivity contribution in [2.75, 3.05) is 12.4 Å². The Bertz CT molecular complexity index is 590. The van der Waals surface area contributed by atoms with Crippen LogP contribution in [0.25, 0.3) is 0 Å². The molecule has 0 saturated carbocycles. The zero-order valence-electron chi connectivity index (χ0n) is 10.2. The highest BCUT2D eigenvalue weighted by atomic mass is 79.9. The lowest BCUT2D eigenvalue weighted by molar-refractivity contribution is 0.412. The van der Waals surface area contributed by atoms with Gasteiger partial charge >= 0.3 is 0 Å². The van der Waals surface area contributed by atoms with Gasteiger partial charge in [-0.15, -0.1) is 0 Å². The molecule has 0 aliphatic heterocycles. The van der Waals surface area contributed by atoms with E-state index in [2.05, 4.69) is 21.2 Å². The summed E-state index contributed by atoms with van der Waals surface area (Å²) in [5, 5.41) is 3.12. The van der Waals surface area contributed by atoms with Gasteiger partial charge in [0.05, 0.1) is 11.6 Å². The highest BCUT2D eigenvalue weighted by Crippen LogP contribution is 2.28. The molecule has 0 aromatic heterocycles. The molecule has 2 aromatic rings. The van der Waals surface area contributed by atoms with Crippen molar-refractivity contribution in [3.05, 3.63) is 58.1 Å². The molecule has 0 spiro atoms. The highest BCUT2D eigenvalue weighted by molar-refractivity contribution is 9.10. The van der Waals surface area contributed by atoms with E-state index in [1.165, 1.54) is 6.07 Å². The fraction of sp³-hybridized carbons (Fsp3) is 0.143. The van der Waals surface area contributed by atoms with Crippen molar-refractivity contribution in [3.63, 3.8) is 0 Å². The van der Waals surface area contributed by atoms with Gasteiger partial charge in [-0.25, -0.2) is 8.78 Å². The van der Waals surface area contributed by atoms with Gasteiger partial charge in [0, 0.05) is 18.3 Å². The standard InChI is InChI=1S/C14H12BrF2NO/c1-19-14-7-10(3-4-11(14)15)18-8-9-2-5-12(16)13(17)6-9/h2-7,18H,8H2,1H3. The minimum atomic E-state index is -0.840. The molecule has 2 aromatic carbocycles. The molecule has 2 nitrogen and oxygen atoms in total. The number of methoxy groups -OCH3 is 1. The van der Waals surface area contributed by atoms with Crippen molar-refractivity contribution in [2.45, 2.75) is 6.54 Å². The molecule has 19 heavy (non-hydrogen) atoms. The molecule has 100 valence electrons. The largest absolute Gasteiger partial charge is 0.495 e. The van der Waals surface area contributed by atoms with E-state index in [1.807, 2.05) is 18.2 Å². The number of nitrogens with one attached hydrogen (secondary N) is 1. The molecule has 0 unspecified atom stereocenters. The first kappa shape index (κ1) is 13.8. The van der Waals surface area contributed by atoms with Crippen LogP contribution in [0.1, 0.15) is 5.56 Å². The van der Waals surface area contributed by atoms with Crippen LogP contribution in [0.2, 0.25) is 0 Å². The molecule has 0 atom stereocenters. The van der Waals surface area contributed by atoms with E-state index >= 15 is 0 Å². The topological polar surface area (TPSA) is 21.3 Å². The first-order chi connectivity index (χ1) is 9.10. The summed E-state index contributed by atoms with van der Waals surface area (Å²) in [6.45, 7) is 0.405. The summed E-state index contributed by atoms with van der Waals surface area (Å²) in [6.07, 6.45) is 0. The third-order valence-electron chi connectivity index (χ3n) is 2.63. The van der Waals surface area contributed by atoms with Crippen molar-refractivity contribution in [2.24, 2.45) is 0 Å². The number of rotatable bonds is 4. The molecule has 0 bridgehead atoms. The van der Waals surface area contributed by atoms with Crippen LogP contribution in [0.15, 0.2) is 40.9 Å². The zero-order chi connectivity index (χ0) is 13.8. The van der Waals surface area contributed by atoms with Gasteiger partial charge in [0.15, 0.2) is 11.6 Å². The normalized spacial score (nSPS) is 10.3. The first-order valence-corrected chi connectivity index (χ1v) is 6.41. The monoisotopic (exact) mass is 327 g/mol. The van der Waals surface area contributed by atoms with Crippen LogP contribution in [0.5, 0.6) is 5.75 Å². The Morgan fingerprint density at radius 3 is 2.58 bits per heavy atom. The Labute approximate surface area is 118 Å². The fourth-order valence-electron chi connectivity index (χ4n) is 1.62. The van der Waals surface area contributed by atoms with Crippen molar-refractivity contribution in [3.8, 4) is 5.75 Å². The Balaban J connectivity index is 2.07.